The number of nitrogens with two attached hydrogens (primary N) is 1. The number of amides is 1. The van der Waals surface area contributed by atoms with Crippen LogP contribution in [0.3, 0.4) is 0 Å². The summed E-state index contributed by atoms with van der Waals surface area (Å²) in [5.41, 5.74) is 5.21. The molecule has 8 heteroatoms. The molecule has 23 heavy (non-hydrogen) atoms. The quantitative estimate of drug-likeness (QED) is 0.885. The number of piperazine rings is 1. The molecule has 0 atom stereocenters. The second-order valence-corrected chi connectivity index (χ2v) is 9.09. The maximum Gasteiger partial charge on any atom is 0.258 e. The first-order valence-electron chi connectivity index (χ1n) is 8.11. The van der Waals surface area contributed by atoms with Crippen molar-refractivity contribution in [2.45, 2.75) is 43.0 Å². The van der Waals surface area contributed by atoms with Crippen molar-refractivity contribution in [2.24, 2.45) is 5.73 Å². The molecule has 2 fully saturated rings. The Labute approximate surface area is 141 Å². The molecule has 2 N–H and O–H groups in total. The van der Waals surface area contributed by atoms with E-state index >= 15 is 0 Å². The number of thiophene rings is 1. The molecule has 0 unspecified atom stereocenters. The van der Waals surface area contributed by atoms with Crippen LogP contribution in [0, 0.1) is 0 Å². The summed E-state index contributed by atoms with van der Waals surface area (Å²) in [6, 6.07) is 2.01. The van der Waals surface area contributed by atoms with E-state index in [0.29, 0.717) is 19.1 Å². The highest BCUT2D eigenvalue weighted by Gasteiger charge is 2.32. The lowest BCUT2D eigenvalue weighted by Gasteiger charge is -2.40. The van der Waals surface area contributed by atoms with Crippen LogP contribution < -0.4 is 5.73 Å². The minimum absolute atomic E-state index is 0.183. The molecule has 6 nitrogen and oxygen atoms in total. The summed E-state index contributed by atoms with van der Waals surface area (Å²) in [4.78, 5) is 14.1. The van der Waals surface area contributed by atoms with Gasteiger partial charge in [-0.05, 0) is 18.9 Å². The van der Waals surface area contributed by atoms with Crippen molar-refractivity contribution in [3.8, 4) is 0 Å². The summed E-state index contributed by atoms with van der Waals surface area (Å²) in [5.74, 6) is -0.585. The molecule has 0 spiro atoms. The van der Waals surface area contributed by atoms with E-state index in [4.69, 9.17) is 5.73 Å². The molecular weight excluding hydrogens is 334 g/mol. The molecule has 0 radical (unpaired) electrons. The number of carbonyl (C=O) groups is 1. The molecule has 1 saturated heterocycles. The van der Waals surface area contributed by atoms with E-state index in [0.717, 1.165) is 24.4 Å². The van der Waals surface area contributed by atoms with Gasteiger partial charge in [0.25, 0.3) is 5.91 Å². The SMILES string of the molecule is NC(=O)c1cc(S(=O)(=O)N2CCN(C3CCCCC3)CC2)cs1. The van der Waals surface area contributed by atoms with Gasteiger partial charge < -0.3 is 5.73 Å². The molecule has 2 heterocycles. The van der Waals surface area contributed by atoms with Crippen LogP contribution in [-0.4, -0.2) is 55.8 Å². The van der Waals surface area contributed by atoms with Crippen molar-refractivity contribution in [1.82, 2.24) is 9.21 Å². The molecule has 1 saturated carbocycles. The summed E-state index contributed by atoms with van der Waals surface area (Å²) in [7, 11) is -3.52. The topological polar surface area (TPSA) is 83.7 Å². The first-order valence-corrected chi connectivity index (χ1v) is 10.4. The summed E-state index contributed by atoms with van der Waals surface area (Å²) in [6.45, 7) is 2.61. The molecule has 0 aromatic carbocycles. The van der Waals surface area contributed by atoms with Gasteiger partial charge in [-0.25, -0.2) is 8.42 Å². The van der Waals surface area contributed by atoms with E-state index in [1.807, 2.05) is 0 Å². The second kappa shape index (κ2) is 6.88. The molecule has 3 rings (SSSR count). The number of rotatable bonds is 4. The Morgan fingerprint density at radius 3 is 2.35 bits per heavy atom. The van der Waals surface area contributed by atoms with Crippen molar-refractivity contribution < 1.29 is 13.2 Å². The van der Waals surface area contributed by atoms with Crippen LogP contribution in [0.5, 0.6) is 0 Å². The van der Waals surface area contributed by atoms with Crippen LogP contribution in [-0.2, 0) is 10.0 Å². The average molecular weight is 358 g/mol. The molecule has 2 aliphatic rings. The zero-order chi connectivity index (χ0) is 16.4. The third-order valence-corrected chi connectivity index (χ3v) is 7.79. The smallest absolute Gasteiger partial charge is 0.258 e. The standard InChI is InChI=1S/C15H23N3O3S2/c16-15(19)14-10-13(11-22-14)23(20,21)18-8-6-17(7-9-18)12-4-2-1-3-5-12/h10-12H,1-9H2,(H2,16,19). The maximum absolute atomic E-state index is 12.7. The molecule has 1 aromatic rings. The first kappa shape index (κ1) is 16.9. The fourth-order valence-electron chi connectivity index (χ4n) is 3.49. The Hall–Kier alpha value is -0.960. The molecule has 1 aliphatic carbocycles. The van der Waals surface area contributed by atoms with Gasteiger partial charge in [-0.3, -0.25) is 9.69 Å². The summed E-state index contributed by atoms with van der Waals surface area (Å²) >= 11 is 1.08. The summed E-state index contributed by atoms with van der Waals surface area (Å²) in [5, 5.41) is 1.50. The van der Waals surface area contributed by atoms with Gasteiger partial charge in [-0.1, -0.05) is 19.3 Å². The fraction of sp³-hybridized carbons (Fsp3) is 0.667. The lowest BCUT2D eigenvalue weighted by atomic mass is 9.94. The number of sulfonamides is 1. The van der Waals surface area contributed by atoms with Gasteiger partial charge in [0.05, 0.1) is 9.77 Å². The van der Waals surface area contributed by atoms with Crippen molar-refractivity contribution in [2.75, 3.05) is 26.2 Å². The fourth-order valence-corrected chi connectivity index (χ4v) is 6.02. The minimum atomic E-state index is -3.52. The second-order valence-electron chi connectivity index (χ2n) is 6.24. The Balaban J connectivity index is 1.64. The molecule has 1 aliphatic heterocycles. The number of primary amides is 1. The normalized spacial score (nSPS) is 22.3. The van der Waals surface area contributed by atoms with Gasteiger partial charge in [0, 0.05) is 37.6 Å². The molecule has 128 valence electrons. The average Bonchev–Trinajstić information content (AvgIpc) is 3.07. The third-order valence-electron chi connectivity index (χ3n) is 4.82. The zero-order valence-corrected chi connectivity index (χ0v) is 14.7. The number of hydrogen-bond acceptors (Lipinski definition) is 5. The van der Waals surface area contributed by atoms with Gasteiger partial charge in [-0.15, -0.1) is 11.3 Å². The number of nitrogens with zero attached hydrogens (tertiary/aromatic N) is 2. The predicted molar refractivity (Wildman–Crippen MR) is 90.0 cm³/mol. The van der Waals surface area contributed by atoms with Crippen molar-refractivity contribution in [3.05, 3.63) is 16.3 Å². The van der Waals surface area contributed by atoms with E-state index in [1.165, 1.54) is 47.9 Å². The lowest BCUT2D eigenvalue weighted by molar-refractivity contribution is 0.100. The Morgan fingerprint density at radius 2 is 1.78 bits per heavy atom. The summed E-state index contributed by atoms with van der Waals surface area (Å²) in [6.07, 6.45) is 6.37. The van der Waals surface area contributed by atoms with Crippen molar-refractivity contribution in [3.63, 3.8) is 0 Å². The van der Waals surface area contributed by atoms with Crippen LogP contribution in [0.1, 0.15) is 41.8 Å². The predicted octanol–water partition coefficient (Wildman–Crippen LogP) is 1.49. The van der Waals surface area contributed by atoms with E-state index in [9.17, 15) is 13.2 Å². The Morgan fingerprint density at radius 1 is 1.13 bits per heavy atom. The zero-order valence-electron chi connectivity index (χ0n) is 13.1. The number of hydrogen-bond donors (Lipinski definition) is 1. The summed E-state index contributed by atoms with van der Waals surface area (Å²) < 4.78 is 26.9. The van der Waals surface area contributed by atoms with Crippen LogP contribution in [0.4, 0.5) is 0 Å². The van der Waals surface area contributed by atoms with Crippen molar-refractivity contribution in [1.29, 1.82) is 0 Å². The van der Waals surface area contributed by atoms with Gasteiger partial charge in [0.1, 0.15) is 0 Å². The molecule has 0 bridgehead atoms. The minimum Gasteiger partial charge on any atom is -0.365 e. The lowest BCUT2D eigenvalue weighted by Crippen LogP contribution is -2.52. The van der Waals surface area contributed by atoms with Crippen LogP contribution >= 0.6 is 11.3 Å². The third kappa shape index (κ3) is 3.60. The maximum atomic E-state index is 12.7. The molecule has 1 amide bonds. The monoisotopic (exact) mass is 357 g/mol. The Bertz CT molecular complexity index is 657. The molecular formula is C15H23N3O3S2. The highest BCUT2D eigenvalue weighted by atomic mass is 32.2. The van der Waals surface area contributed by atoms with E-state index in [2.05, 4.69) is 4.90 Å². The highest BCUT2D eigenvalue weighted by Crippen LogP contribution is 2.26. The highest BCUT2D eigenvalue weighted by molar-refractivity contribution is 7.89. The van der Waals surface area contributed by atoms with Crippen molar-refractivity contribution >= 4 is 27.3 Å². The van der Waals surface area contributed by atoms with Gasteiger partial charge >= 0.3 is 0 Å². The largest absolute Gasteiger partial charge is 0.365 e. The number of carbonyl (C=O) groups excluding carboxylic acids is 1. The Kier molecular flexibility index (Phi) is 5.05. The van der Waals surface area contributed by atoms with E-state index < -0.39 is 15.9 Å². The van der Waals surface area contributed by atoms with E-state index in [-0.39, 0.29) is 9.77 Å². The van der Waals surface area contributed by atoms with Gasteiger partial charge in [0.15, 0.2) is 0 Å². The van der Waals surface area contributed by atoms with Gasteiger partial charge in [0.2, 0.25) is 10.0 Å². The van der Waals surface area contributed by atoms with E-state index in [1.54, 1.807) is 0 Å². The van der Waals surface area contributed by atoms with Crippen LogP contribution in [0.25, 0.3) is 0 Å². The van der Waals surface area contributed by atoms with Crippen LogP contribution in [0.15, 0.2) is 16.3 Å². The van der Waals surface area contributed by atoms with Crippen LogP contribution in [0.2, 0.25) is 0 Å². The molecule has 1 aromatic heterocycles. The first-order chi connectivity index (χ1) is 11.0. The van der Waals surface area contributed by atoms with Gasteiger partial charge in [-0.2, -0.15) is 4.31 Å².